The van der Waals surface area contributed by atoms with Crippen LogP contribution in [-0.4, -0.2) is 45.4 Å². The van der Waals surface area contributed by atoms with Crippen LogP contribution < -0.4 is 4.72 Å². The molecule has 1 N–H and O–H groups in total. The van der Waals surface area contributed by atoms with E-state index in [0.717, 1.165) is 12.8 Å². The highest BCUT2D eigenvalue weighted by Crippen LogP contribution is 2.17. The number of carbonyl (C=O) groups excluding carboxylic acids is 1. The van der Waals surface area contributed by atoms with Crippen molar-refractivity contribution < 1.29 is 17.9 Å². The normalized spacial score (nSPS) is 23.6. The first kappa shape index (κ1) is 15.4. The van der Waals surface area contributed by atoms with Crippen LogP contribution in [0.25, 0.3) is 0 Å². The molecule has 1 fully saturated rings. The zero-order chi connectivity index (χ0) is 13.8. The predicted octanol–water partition coefficient (Wildman–Crippen LogP) is 0.362. The first-order valence-electron chi connectivity index (χ1n) is 6.19. The van der Waals surface area contributed by atoms with Crippen molar-refractivity contribution in [1.82, 2.24) is 9.03 Å². The van der Waals surface area contributed by atoms with Crippen LogP contribution in [0.3, 0.4) is 0 Å². The summed E-state index contributed by atoms with van der Waals surface area (Å²) in [7, 11) is -2.19. The zero-order valence-electron chi connectivity index (χ0n) is 11.2. The molecule has 0 spiro atoms. The van der Waals surface area contributed by atoms with E-state index in [1.807, 2.05) is 6.92 Å². The van der Waals surface area contributed by atoms with E-state index in [0.29, 0.717) is 19.0 Å². The van der Waals surface area contributed by atoms with E-state index in [2.05, 4.69) is 9.46 Å². The maximum atomic E-state index is 12.0. The number of rotatable bonds is 5. The second-order valence-electron chi connectivity index (χ2n) is 4.88. The number of nitrogens with zero attached hydrogens (tertiary/aromatic N) is 1. The van der Waals surface area contributed by atoms with Gasteiger partial charge in [-0.2, -0.15) is 12.7 Å². The fourth-order valence-electron chi connectivity index (χ4n) is 1.97. The van der Waals surface area contributed by atoms with Crippen LogP contribution in [0.15, 0.2) is 0 Å². The second kappa shape index (κ2) is 6.49. The Hall–Kier alpha value is -0.660. The molecule has 7 heteroatoms. The predicted molar refractivity (Wildman–Crippen MR) is 68.1 cm³/mol. The Morgan fingerprint density at radius 1 is 1.56 bits per heavy atom. The Kier molecular flexibility index (Phi) is 5.55. The summed E-state index contributed by atoms with van der Waals surface area (Å²) in [4.78, 5) is 11.2. The van der Waals surface area contributed by atoms with Crippen molar-refractivity contribution in [2.45, 2.75) is 26.7 Å². The quantitative estimate of drug-likeness (QED) is 0.737. The van der Waals surface area contributed by atoms with E-state index in [-0.39, 0.29) is 6.54 Å². The summed E-state index contributed by atoms with van der Waals surface area (Å²) in [5.41, 5.74) is 0. The van der Waals surface area contributed by atoms with Gasteiger partial charge >= 0.3 is 5.97 Å². The summed E-state index contributed by atoms with van der Waals surface area (Å²) >= 11 is 0. The Morgan fingerprint density at radius 3 is 2.78 bits per heavy atom. The van der Waals surface area contributed by atoms with Gasteiger partial charge in [0.05, 0.1) is 13.0 Å². The molecule has 2 unspecified atom stereocenters. The zero-order valence-corrected chi connectivity index (χ0v) is 12.0. The van der Waals surface area contributed by atoms with Crippen LogP contribution in [0.4, 0.5) is 0 Å². The molecule has 1 heterocycles. The summed E-state index contributed by atoms with van der Waals surface area (Å²) < 4.78 is 32.5. The number of piperidine rings is 1. The molecule has 0 radical (unpaired) electrons. The average Bonchev–Trinajstić information content (AvgIpc) is 2.35. The van der Waals surface area contributed by atoms with Crippen molar-refractivity contribution >= 4 is 16.2 Å². The molecule has 106 valence electrons. The topological polar surface area (TPSA) is 75.7 Å². The molecule has 1 aliphatic rings. The highest BCUT2D eigenvalue weighted by Gasteiger charge is 2.27. The van der Waals surface area contributed by atoms with Crippen LogP contribution >= 0.6 is 0 Å². The summed E-state index contributed by atoms with van der Waals surface area (Å²) in [5, 5.41) is 0. The van der Waals surface area contributed by atoms with E-state index < -0.39 is 22.1 Å². The summed E-state index contributed by atoms with van der Waals surface area (Å²) in [6, 6.07) is 0. The van der Waals surface area contributed by atoms with Crippen molar-refractivity contribution in [2.24, 2.45) is 11.8 Å². The van der Waals surface area contributed by atoms with Gasteiger partial charge in [0.1, 0.15) is 0 Å². The van der Waals surface area contributed by atoms with Gasteiger partial charge in [0.15, 0.2) is 0 Å². The Labute approximate surface area is 109 Å². The van der Waals surface area contributed by atoms with Gasteiger partial charge in [0.25, 0.3) is 10.2 Å². The van der Waals surface area contributed by atoms with Gasteiger partial charge in [-0.05, 0) is 18.8 Å². The number of hydrogen-bond acceptors (Lipinski definition) is 4. The minimum Gasteiger partial charge on any atom is -0.469 e. The molecule has 0 bridgehead atoms. The number of methoxy groups -OCH3 is 1. The molecule has 0 aliphatic carbocycles. The van der Waals surface area contributed by atoms with E-state index in [1.165, 1.54) is 11.4 Å². The van der Waals surface area contributed by atoms with E-state index in [1.54, 1.807) is 6.92 Å². The van der Waals surface area contributed by atoms with Gasteiger partial charge in [-0.3, -0.25) is 4.79 Å². The number of carbonyl (C=O) groups is 1. The fraction of sp³-hybridized carbons (Fsp3) is 0.909. The fourth-order valence-corrected chi connectivity index (χ4v) is 3.43. The lowest BCUT2D eigenvalue weighted by molar-refractivity contribution is -0.144. The number of nitrogens with one attached hydrogen (secondary N) is 1. The summed E-state index contributed by atoms with van der Waals surface area (Å²) in [5.74, 6) is -0.509. The molecule has 0 aromatic carbocycles. The Balaban J connectivity index is 2.51. The molecule has 2 atom stereocenters. The lowest BCUT2D eigenvalue weighted by Crippen LogP contribution is -2.47. The minimum absolute atomic E-state index is 0.0693. The molecule has 0 aromatic heterocycles. The van der Waals surface area contributed by atoms with Gasteiger partial charge in [0, 0.05) is 19.6 Å². The lowest BCUT2D eigenvalue weighted by Gasteiger charge is -2.30. The summed E-state index contributed by atoms with van der Waals surface area (Å²) in [6.07, 6.45) is 1.94. The van der Waals surface area contributed by atoms with Gasteiger partial charge in [0.2, 0.25) is 0 Å². The number of hydrogen-bond donors (Lipinski definition) is 1. The van der Waals surface area contributed by atoms with Gasteiger partial charge in [-0.25, -0.2) is 4.72 Å². The Bertz CT molecular complexity index is 383. The average molecular weight is 278 g/mol. The monoisotopic (exact) mass is 278 g/mol. The lowest BCUT2D eigenvalue weighted by atomic mass is 10.0. The molecule has 18 heavy (non-hydrogen) atoms. The van der Waals surface area contributed by atoms with Crippen molar-refractivity contribution in [3.63, 3.8) is 0 Å². The van der Waals surface area contributed by atoms with Crippen molar-refractivity contribution in [3.8, 4) is 0 Å². The first-order valence-corrected chi connectivity index (χ1v) is 7.63. The smallest absolute Gasteiger partial charge is 0.309 e. The number of ether oxygens (including phenoxy) is 1. The highest BCUT2D eigenvalue weighted by atomic mass is 32.2. The molecule has 1 rings (SSSR count). The highest BCUT2D eigenvalue weighted by molar-refractivity contribution is 7.87. The molecule has 0 aromatic rings. The maximum absolute atomic E-state index is 12.0. The van der Waals surface area contributed by atoms with Crippen LogP contribution in [0.2, 0.25) is 0 Å². The first-order chi connectivity index (χ1) is 8.36. The SMILES string of the molecule is COC(=O)C(C)CNS(=O)(=O)N1CCCC(C)C1. The molecule has 0 saturated carbocycles. The maximum Gasteiger partial charge on any atom is 0.309 e. The third-order valence-corrected chi connectivity index (χ3v) is 4.68. The van der Waals surface area contributed by atoms with Gasteiger partial charge in [-0.1, -0.05) is 13.8 Å². The van der Waals surface area contributed by atoms with Crippen LogP contribution in [0.1, 0.15) is 26.7 Å². The Morgan fingerprint density at radius 2 is 2.22 bits per heavy atom. The second-order valence-corrected chi connectivity index (χ2v) is 6.64. The molecular formula is C11H22N2O4S. The van der Waals surface area contributed by atoms with Gasteiger partial charge in [-0.15, -0.1) is 0 Å². The summed E-state index contributed by atoms with van der Waals surface area (Å²) in [6.45, 7) is 4.83. The van der Waals surface area contributed by atoms with Crippen LogP contribution in [0, 0.1) is 11.8 Å². The molecule has 1 aliphatic heterocycles. The van der Waals surface area contributed by atoms with E-state index >= 15 is 0 Å². The third-order valence-electron chi connectivity index (χ3n) is 3.14. The standard InChI is InChI=1S/C11H22N2O4S/c1-9-5-4-6-13(8-9)18(15,16)12-7-10(2)11(14)17-3/h9-10,12H,4-8H2,1-3H3. The van der Waals surface area contributed by atoms with Crippen LogP contribution in [0.5, 0.6) is 0 Å². The molecule has 1 saturated heterocycles. The molecule has 0 amide bonds. The van der Waals surface area contributed by atoms with Crippen molar-refractivity contribution in [2.75, 3.05) is 26.7 Å². The van der Waals surface area contributed by atoms with Gasteiger partial charge < -0.3 is 4.74 Å². The largest absolute Gasteiger partial charge is 0.469 e. The van der Waals surface area contributed by atoms with E-state index in [4.69, 9.17) is 0 Å². The molecule has 6 nitrogen and oxygen atoms in total. The van der Waals surface area contributed by atoms with Crippen molar-refractivity contribution in [3.05, 3.63) is 0 Å². The number of esters is 1. The third kappa shape index (κ3) is 4.22. The van der Waals surface area contributed by atoms with E-state index in [9.17, 15) is 13.2 Å². The minimum atomic E-state index is -3.48. The van der Waals surface area contributed by atoms with Crippen molar-refractivity contribution in [1.29, 1.82) is 0 Å². The molecular weight excluding hydrogens is 256 g/mol. The van der Waals surface area contributed by atoms with Crippen LogP contribution in [-0.2, 0) is 19.7 Å².